The molecular weight excluding hydrogens is 323 g/mol. The van der Waals surface area contributed by atoms with Crippen LogP contribution < -0.4 is 4.90 Å². The highest BCUT2D eigenvalue weighted by molar-refractivity contribution is 5.99. The Balaban J connectivity index is 1.51. The molecule has 2 amide bonds. The Bertz CT molecular complexity index is 803. The molecule has 4 rings (SSSR count). The van der Waals surface area contributed by atoms with Gasteiger partial charge in [0.05, 0.1) is 18.7 Å². The second kappa shape index (κ2) is 6.35. The lowest BCUT2D eigenvalue weighted by Crippen LogP contribution is -2.40. The first-order valence-electron chi connectivity index (χ1n) is 8.52. The summed E-state index contributed by atoms with van der Waals surface area (Å²) in [4.78, 5) is 28.5. The number of carbonyl (C=O) groups excluding carboxylic acids is 2. The Morgan fingerprint density at radius 2 is 2.20 bits per heavy atom. The first-order valence-corrected chi connectivity index (χ1v) is 8.52. The number of hydrogen-bond donors (Lipinski definition) is 0. The van der Waals surface area contributed by atoms with E-state index in [2.05, 4.69) is 0 Å². The lowest BCUT2D eigenvalue weighted by atomic mass is 9.99. The van der Waals surface area contributed by atoms with Gasteiger partial charge in [-0.15, -0.1) is 0 Å². The highest BCUT2D eigenvalue weighted by Gasteiger charge is 2.38. The maximum absolute atomic E-state index is 13.6. The van der Waals surface area contributed by atoms with Crippen molar-refractivity contribution >= 4 is 17.5 Å². The number of hydrogen-bond acceptors (Lipinski definition) is 3. The molecule has 5 nitrogen and oxygen atoms in total. The summed E-state index contributed by atoms with van der Waals surface area (Å²) in [6.45, 7) is 1.32. The standard InChI is InChI=1S/C19H19FN2O3/c20-15-6-5-13-3-1-7-22(17(13)10-15)19(24)14-9-18(23)21(11-14)12-16-4-2-8-25-16/h2,4-6,8,10,14H,1,3,7,9,11-12H2. The Labute approximate surface area is 145 Å². The van der Waals surface area contributed by atoms with Gasteiger partial charge in [0.25, 0.3) is 0 Å². The molecule has 1 aromatic carbocycles. The van der Waals surface area contributed by atoms with Gasteiger partial charge in [0.2, 0.25) is 11.8 Å². The van der Waals surface area contributed by atoms with Crippen LogP contribution in [-0.2, 0) is 22.6 Å². The molecule has 0 spiro atoms. The summed E-state index contributed by atoms with van der Waals surface area (Å²) in [5.74, 6) is -0.183. The Kier molecular flexibility index (Phi) is 4.03. The molecule has 3 heterocycles. The van der Waals surface area contributed by atoms with E-state index in [4.69, 9.17) is 4.42 Å². The minimum atomic E-state index is -0.392. The van der Waals surface area contributed by atoms with Crippen molar-refractivity contribution in [3.63, 3.8) is 0 Å². The van der Waals surface area contributed by atoms with E-state index in [1.54, 1.807) is 28.2 Å². The van der Waals surface area contributed by atoms with Crippen molar-refractivity contribution in [2.75, 3.05) is 18.0 Å². The number of carbonyl (C=O) groups is 2. The minimum Gasteiger partial charge on any atom is -0.467 e. The van der Waals surface area contributed by atoms with Crippen LogP contribution in [0.4, 0.5) is 10.1 Å². The highest BCUT2D eigenvalue weighted by atomic mass is 19.1. The maximum atomic E-state index is 13.6. The third-order valence-corrected chi connectivity index (χ3v) is 4.92. The second-order valence-corrected chi connectivity index (χ2v) is 6.62. The second-order valence-electron chi connectivity index (χ2n) is 6.62. The first-order chi connectivity index (χ1) is 12.1. The van der Waals surface area contributed by atoms with Crippen LogP contribution in [0.2, 0.25) is 0 Å². The van der Waals surface area contributed by atoms with Crippen molar-refractivity contribution in [2.45, 2.75) is 25.8 Å². The lowest BCUT2D eigenvalue weighted by Gasteiger charge is -2.31. The molecule has 25 heavy (non-hydrogen) atoms. The van der Waals surface area contributed by atoms with E-state index in [0.717, 1.165) is 18.4 Å². The SMILES string of the molecule is O=C1CC(C(=O)N2CCCc3ccc(F)cc32)CN1Cc1ccco1. The van der Waals surface area contributed by atoms with Crippen LogP contribution in [0.25, 0.3) is 0 Å². The van der Waals surface area contributed by atoms with Crippen LogP contribution in [0.15, 0.2) is 41.0 Å². The summed E-state index contributed by atoms with van der Waals surface area (Å²) in [5.41, 5.74) is 1.63. The molecule has 2 aliphatic heterocycles. The number of anilines is 1. The van der Waals surface area contributed by atoms with Crippen molar-refractivity contribution < 1.29 is 18.4 Å². The van der Waals surface area contributed by atoms with Gasteiger partial charge in [0.15, 0.2) is 0 Å². The molecule has 0 bridgehead atoms. The molecular formula is C19H19FN2O3. The van der Waals surface area contributed by atoms with Gasteiger partial charge in [-0.3, -0.25) is 9.59 Å². The first kappa shape index (κ1) is 15.9. The smallest absolute Gasteiger partial charge is 0.232 e. The van der Waals surface area contributed by atoms with Gasteiger partial charge < -0.3 is 14.2 Å². The monoisotopic (exact) mass is 342 g/mol. The van der Waals surface area contributed by atoms with E-state index >= 15 is 0 Å². The molecule has 1 atom stereocenters. The Morgan fingerprint density at radius 1 is 1.32 bits per heavy atom. The minimum absolute atomic E-state index is 0.0498. The van der Waals surface area contributed by atoms with Crippen molar-refractivity contribution in [1.29, 1.82) is 0 Å². The Morgan fingerprint density at radius 3 is 3.00 bits per heavy atom. The van der Waals surface area contributed by atoms with Crippen LogP contribution in [0.1, 0.15) is 24.2 Å². The number of rotatable bonds is 3. The topological polar surface area (TPSA) is 53.8 Å². The predicted octanol–water partition coefficient (Wildman–Crippen LogP) is 2.75. The van der Waals surface area contributed by atoms with E-state index in [9.17, 15) is 14.0 Å². The lowest BCUT2D eigenvalue weighted by molar-refractivity contribution is -0.129. The van der Waals surface area contributed by atoms with Crippen molar-refractivity contribution in [3.8, 4) is 0 Å². The summed E-state index contributed by atoms with van der Waals surface area (Å²) in [5, 5.41) is 0. The van der Waals surface area contributed by atoms with Gasteiger partial charge in [-0.25, -0.2) is 4.39 Å². The third-order valence-electron chi connectivity index (χ3n) is 4.92. The average Bonchev–Trinajstić information content (AvgIpc) is 3.24. The maximum Gasteiger partial charge on any atom is 0.232 e. The number of fused-ring (bicyclic) bond motifs is 1. The third kappa shape index (κ3) is 3.04. The molecule has 1 saturated heterocycles. The summed E-state index contributed by atoms with van der Waals surface area (Å²) in [6, 6.07) is 8.18. The van der Waals surface area contributed by atoms with Crippen LogP contribution >= 0.6 is 0 Å². The van der Waals surface area contributed by atoms with E-state index in [1.807, 2.05) is 6.07 Å². The molecule has 1 unspecified atom stereocenters. The van der Waals surface area contributed by atoms with Gasteiger partial charge in [-0.05, 0) is 42.7 Å². The number of halogens is 1. The zero-order chi connectivity index (χ0) is 17.4. The molecule has 6 heteroatoms. The largest absolute Gasteiger partial charge is 0.467 e. The zero-order valence-corrected chi connectivity index (χ0v) is 13.8. The molecule has 1 aromatic heterocycles. The fraction of sp³-hybridized carbons (Fsp3) is 0.368. The van der Waals surface area contributed by atoms with Crippen molar-refractivity contribution in [3.05, 3.63) is 53.7 Å². The van der Waals surface area contributed by atoms with Gasteiger partial charge >= 0.3 is 0 Å². The highest BCUT2D eigenvalue weighted by Crippen LogP contribution is 2.31. The molecule has 0 N–H and O–H groups in total. The molecule has 0 radical (unpaired) electrons. The van der Waals surface area contributed by atoms with E-state index < -0.39 is 5.92 Å². The molecule has 130 valence electrons. The molecule has 0 saturated carbocycles. The fourth-order valence-corrected chi connectivity index (χ4v) is 3.68. The molecule has 2 aromatic rings. The Hall–Kier alpha value is -2.63. The number of benzene rings is 1. The van der Waals surface area contributed by atoms with Crippen molar-refractivity contribution in [1.82, 2.24) is 4.90 Å². The number of nitrogens with zero attached hydrogens (tertiary/aromatic N) is 2. The molecule has 1 fully saturated rings. The van der Waals surface area contributed by atoms with Crippen molar-refractivity contribution in [2.24, 2.45) is 5.92 Å². The average molecular weight is 342 g/mol. The van der Waals surface area contributed by atoms with Gasteiger partial charge in [0, 0.05) is 25.2 Å². The van der Waals surface area contributed by atoms with Crippen LogP contribution in [-0.4, -0.2) is 29.8 Å². The van der Waals surface area contributed by atoms with Crippen LogP contribution in [0.3, 0.4) is 0 Å². The predicted molar refractivity (Wildman–Crippen MR) is 89.3 cm³/mol. The van der Waals surface area contributed by atoms with E-state index in [1.165, 1.54) is 12.1 Å². The normalized spacial score (nSPS) is 20.0. The van der Waals surface area contributed by atoms with E-state index in [-0.39, 0.29) is 24.1 Å². The summed E-state index contributed by atoms with van der Waals surface area (Å²) >= 11 is 0. The van der Waals surface area contributed by atoms with Crippen LogP contribution in [0.5, 0.6) is 0 Å². The van der Waals surface area contributed by atoms with Gasteiger partial charge in [0.1, 0.15) is 11.6 Å². The van der Waals surface area contributed by atoms with Crippen LogP contribution in [0, 0.1) is 11.7 Å². The number of aryl methyl sites for hydroxylation is 1. The number of amides is 2. The zero-order valence-electron chi connectivity index (χ0n) is 13.8. The summed E-state index contributed by atoms with van der Waals surface area (Å²) in [7, 11) is 0. The quantitative estimate of drug-likeness (QED) is 0.862. The summed E-state index contributed by atoms with van der Waals surface area (Å²) < 4.78 is 18.9. The number of likely N-dealkylation sites (tertiary alicyclic amines) is 1. The molecule has 0 aliphatic carbocycles. The van der Waals surface area contributed by atoms with Gasteiger partial charge in [-0.2, -0.15) is 0 Å². The molecule has 2 aliphatic rings. The van der Waals surface area contributed by atoms with Gasteiger partial charge in [-0.1, -0.05) is 6.07 Å². The number of furan rings is 1. The fourth-order valence-electron chi connectivity index (χ4n) is 3.68. The summed E-state index contributed by atoms with van der Waals surface area (Å²) in [6.07, 6.45) is 3.45. The van der Waals surface area contributed by atoms with E-state index in [0.29, 0.717) is 31.1 Å².